The quantitative estimate of drug-likeness (QED) is 0.878. The summed E-state index contributed by atoms with van der Waals surface area (Å²) >= 11 is 0. The Bertz CT molecular complexity index is 800. The molecule has 2 aliphatic heterocycles. The summed E-state index contributed by atoms with van der Waals surface area (Å²) in [5.41, 5.74) is 4.53. The number of rotatable bonds is 3. The molecule has 0 saturated carbocycles. The molecule has 2 saturated heterocycles. The molecule has 0 aliphatic carbocycles. The highest BCUT2D eigenvalue weighted by Gasteiger charge is 2.38. The zero-order valence-corrected chi connectivity index (χ0v) is 17.0. The Morgan fingerprint density at radius 2 is 1.96 bits per heavy atom. The number of halogens is 1. The van der Waals surface area contributed by atoms with Gasteiger partial charge in [-0.2, -0.15) is 5.10 Å². The Kier molecular flexibility index (Phi) is 5.92. The SMILES string of the molecule is Cc1cc(C)n(Cc2cccc(C(=O)N3CCC4(CCNC4)CC3)c2)n1.Cl. The summed E-state index contributed by atoms with van der Waals surface area (Å²) < 4.78 is 2.00. The maximum atomic E-state index is 13.0. The van der Waals surface area contributed by atoms with E-state index < -0.39 is 0 Å². The summed E-state index contributed by atoms with van der Waals surface area (Å²) in [6, 6.07) is 10.1. The van der Waals surface area contributed by atoms with Crippen molar-refractivity contribution in [1.29, 1.82) is 0 Å². The van der Waals surface area contributed by atoms with Crippen LogP contribution in [0, 0.1) is 19.3 Å². The number of aromatic nitrogens is 2. The van der Waals surface area contributed by atoms with Gasteiger partial charge in [-0.1, -0.05) is 12.1 Å². The first-order valence-electron chi connectivity index (χ1n) is 9.65. The maximum absolute atomic E-state index is 13.0. The van der Waals surface area contributed by atoms with Crippen LogP contribution in [0.5, 0.6) is 0 Å². The Hall–Kier alpha value is -1.85. The van der Waals surface area contributed by atoms with Crippen molar-refractivity contribution in [1.82, 2.24) is 20.0 Å². The van der Waals surface area contributed by atoms with Crippen LogP contribution in [0.3, 0.4) is 0 Å². The van der Waals surface area contributed by atoms with Crippen molar-refractivity contribution >= 4 is 18.3 Å². The summed E-state index contributed by atoms with van der Waals surface area (Å²) in [4.78, 5) is 15.0. The lowest BCUT2D eigenvalue weighted by atomic mass is 9.78. The van der Waals surface area contributed by atoms with Crippen LogP contribution in [0.15, 0.2) is 30.3 Å². The van der Waals surface area contributed by atoms with E-state index in [4.69, 9.17) is 0 Å². The van der Waals surface area contributed by atoms with Crippen LogP contribution in [-0.2, 0) is 6.54 Å². The molecular weight excluding hydrogens is 360 g/mol. The third kappa shape index (κ3) is 4.19. The van der Waals surface area contributed by atoms with Crippen molar-refractivity contribution in [3.63, 3.8) is 0 Å². The summed E-state index contributed by atoms with van der Waals surface area (Å²) in [7, 11) is 0. The van der Waals surface area contributed by atoms with Gasteiger partial charge in [0.2, 0.25) is 0 Å². The van der Waals surface area contributed by atoms with Crippen LogP contribution in [0.4, 0.5) is 0 Å². The number of nitrogens with zero attached hydrogens (tertiary/aromatic N) is 3. The third-order valence-corrected chi connectivity index (χ3v) is 6.05. The van der Waals surface area contributed by atoms with Crippen LogP contribution < -0.4 is 5.32 Å². The van der Waals surface area contributed by atoms with Crippen molar-refractivity contribution in [2.24, 2.45) is 5.41 Å². The van der Waals surface area contributed by atoms with Gasteiger partial charge in [0, 0.05) is 30.9 Å². The second-order valence-corrected chi connectivity index (χ2v) is 8.00. The van der Waals surface area contributed by atoms with E-state index in [0.717, 1.165) is 61.5 Å². The summed E-state index contributed by atoms with van der Waals surface area (Å²) in [5.74, 6) is 0.168. The van der Waals surface area contributed by atoms with Crippen molar-refractivity contribution < 1.29 is 4.79 Å². The van der Waals surface area contributed by atoms with E-state index in [1.165, 1.54) is 6.42 Å². The molecule has 1 spiro atoms. The number of carbonyl (C=O) groups is 1. The van der Waals surface area contributed by atoms with E-state index in [9.17, 15) is 4.79 Å². The number of piperidine rings is 1. The molecule has 2 fully saturated rings. The minimum atomic E-state index is 0. The molecule has 6 heteroatoms. The van der Waals surface area contributed by atoms with Crippen LogP contribution in [-0.4, -0.2) is 46.8 Å². The number of carbonyl (C=O) groups excluding carboxylic acids is 1. The monoisotopic (exact) mass is 388 g/mol. The lowest BCUT2D eigenvalue weighted by Gasteiger charge is -2.39. The Balaban J connectivity index is 0.00000210. The summed E-state index contributed by atoms with van der Waals surface area (Å²) in [5, 5.41) is 8.01. The lowest BCUT2D eigenvalue weighted by molar-refractivity contribution is 0.0607. The minimum absolute atomic E-state index is 0. The highest BCUT2D eigenvalue weighted by atomic mass is 35.5. The number of benzene rings is 1. The van der Waals surface area contributed by atoms with E-state index >= 15 is 0 Å². The van der Waals surface area contributed by atoms with Gasteiger partial charge in [-0.05, 0) is 68.8 Å². The molecule has 0 radical (unpaired) electrons. The molecule has 146 valence electrons. The van der Waals surface area contributed by atoms with Crippen LogP contribution in [0.2, 0.25) is 0 Å². The van der Waals surface area contributed by atoms with Crippen LogP contribution >= 0.6 is 12.4 Å². The number of hydrogen-bond donors (Lipinski definition) is 1. The molecule has 3 heterocycles. The van der Waals surface area contributed by atoms with E-state index in [0.29, 0.717) is 12.0 Å². The van der Waals surface area contributed by atoms with E-state index in [-0.39, 0.29) is 18.3 Å². The normalized spacial score (nSPS) is 18.5. The zero-order chi connectivity index (χ0) is 18.1. The summed E-state index contributed by atoms with van der Waals surface area (Å²) in [6.07, 6.45) is 3.50. The average Bonchev–Trinajstić information content (AvgIpc) is 3.22. The van der Waals surface area contributed by atoms with Crippen LogP contribution in [0.25, 0.3) is 0 Å². The fourth-order valence-electron chi connectivity index (χ4n) is 4.40. The molecule has 4 rings (SSSR count). The Morgan fingerprint density at radius 3 is 2.59 bits per heavy atom. The molecule has 0 bridgehead atoms. The second-order valence-electron chi connectivity index (χ2n) is 8.00. The first-order chi connectivity index (χ1) is 12.5. The molecule has 5 nitrogen and oxygen atoms in total. The first kappa shape index (κ1) is 19.9. The average molecular weight is 389 g/mol. The Labute approximate surface area is 167 Å². The second kappa shape index (κ2) is 8.03. The number of aryl methyl sites for hydroxylation is 2. The van der Waals surface area contributed by atoms with Crippen molar-refractivity contribution in [2.75, 3.05) is 26.2 Å². The van der Waals surface area contributed by atoms with E-state index in [2.05, 4.69) is 29.5 Å². The van der Waals surface area contributed by atoms with Gasteiger partial charge in [-0.25, -0.2) is 0 Å². The highest BCUT2D eigenvalue weighted by Crippen LogP contribution is 2.37. The highest BCUT2D eigenvalue weighted by molar-refractivity contribution is 5.94. The van der Waals surface area contributed by atoms with Crippen LogP contribution in [0.1, 0.15) is 46.6 Å². The molecule has 0 unspecified atom stereocenters. The third-order valence-electron chi connectivity index (χ3n) is 6.05. The minimum Gasteiger partial charge on any atom is -0.339 e. The smallest absolute Gasteiger partial charge is 0.253 e. The fourth-order valence-corrected chi connectivity index (χ4v) is 4.40. The van der Waals surface area contributed by atoms with Crippen molar-refractivity contribution in [2.45, 2.75) is 39.7 Å². The number of amides is 1. The van der Waals surface area contributed by atoms with Gasteiger partial charge in [-0.3, -0.25) is 9.48 Å². The largest absolute Gasteiger partial charge is 0.339 e. The molecule has 0 atom stereocenters. The number of likely N-dealkylation sites (tertiary alicyclic amines) is 1. The van der Waals surface area contributed by atoms with Gasteiger partial charge in [0.05, 0.1) is 12.2 Å². The predicted octanol–water partition coefficient (Wildman–Crippen LogP) is 3.19. The maximum Gasteiger partial charge on any atom is 0.253 e. The molecule has 1 aromatic carbocycles. The topological polar surface area (TPSA) is 50.2 Å². The molecule has 1 aromatic heterocycles. The summed E-state index contributed by atoms with van der Waals surface area (Å²) in [6.45, 7) is 8.78. The van der Waals surface area contributed by atoms with Crippen molar-refractivity contribution in [3.8, 4) is 0 Å². The number of nitrogens with one attached hydrogen (secondary N) is 1. The van der Waals surface area contributed by atoms with Gasteiger partial charge in [0.15, 0.2) is 0 Å². The molecule has 2 aliphatic rings. The van der Waals surface area contributed by atoms with E-state index in [1.54, 1.807) is 0 Å². The molecule has 2 aromatic rings. The van der Waals surface area contributed by atoms with Gasteiger partial charge < -0.3 is 10.2 Å². The molecule has 1 amide bonds. The van der Waals surface area contributed by atoms with Gasteiger partial charge in [-0.15, -0.1) is 12.4 Å². The first-order valence-corrected chi connectivity index (χ1v) is 9.65. The van der Waals surface area contributed by atoms with Gasteiger partial charge in [0.25, 0.3) is 5.91 Å². The zero-order valence-electron chi connectivity index (χ0n) is 16.2. The predicted molar refractivity (Wildman–Crippen MR) is 110 cm³/mol. The molecular formula is C21H29ClN4O. The number of hydrogen-bond acceptors (Lipinski definition) is 3. The molecule has 1 N–H and O–H groups in total. The van der Waals surface area contributed by atoms with E-state index in [1.807, 2.05) is 34.7 Å². The fraction of sp³-hybridized carbons (Fsp3) is 0.524. The lowest BCUT2D eigenvalue weighted by Crippen LogP contribution is -2.44. The Morgan fingerprint density at radius 1 is 1.19 bits per heavy atom. The van der Waals surface area contributed by atoms with Gasteiger partial charge >= 0.3 is 0 Å². The standard InChI is InChI=1S/C21H28N4O.ClH/c1-16-12-17(2)25(23-16)14-18-4-3-5-19(13-18)20(26)24-10-7-21(8-11-24)6-9-22-15-21;/h3-5,12-13,22H,6-11,14-15H2,1-2H3;1H. The molecule has 27 heavy (non-hydrogen) atoms. The van der Waals surface area contributed by atoms with Gasteiger partial charge in [0.1, 0.15) is 0 Å². The van der Waals surface area contributed by atoms with Crippen molar-refractivity contribution in [3.05, 3.63) is 52.8 Å².